The molecule has 130 valence electrons. The number of amides is 2. The van der Waals surface area contributed by atoms with Gasteiger partial charge in [-0.15, -0.1) is 0 Å². The average Bonchev–Trinajstić information content (AvgIpc) is 3.37. The second-order valence-electron chi connectivity index (χ2n) is 5.12. The molecule has 2 N–H and O–H groups in total. The summed E-state index contributed by atoms with van der Waals surface area (Å²) in [6.45, 7) is 0.167. The minimum absolute atomic E-state index is 0.110. The fourth-order valence-electron chi connectivity index (χ4n) is 2.01. The second kappa shape index (κ2) is 7.95. The molecule has 3 aromatic heterocycles. The molecule has 9 heteroatoms. The quantitative estimate of drug-likeness (QED) is 0.631. The molecule has 0 unspecified atom stereocenters. The number of nitrogens with one attached hydrogen (secondary N) is 2. The third kappa shape index (κ3) is 4.80. The monoisotopic (exact) mass is 344 g/mol. The number of carbonyl (C=O) groups is 2. The lowest BCUT2D eigenvalue weighted by molar-refractivity contribution is -0.126. The van der Waals surface area contributed by atoms with E-state index in [1.807, 2.05) is 0 Å². The van der Waals surface area contributed by atoms with Crippen molar-refractivity contribution >= 4 is 11.8 Å². The van der Waals surface area contributed by atoms with E-state index < -0.39 is 0 Å². The van der Waals surface area contributed by atoms with Crippen molar-refractivity contribution in [3.05, 3.63) is 48.4 Å². The van der Waals surface area contributed by atoms with E-state index in [1.54, 1.807) is 24.3 Å². The van der Waals surface area contributed by atoms with Gasteiger partial charge >= 0.3 is 0 Å². The Kier molecular flexibility index (Phi) is 5.25. The first-order valence-corrected chi connectivity index (χ1v) is 7.63. The van der Waals surface area contributed by atoms with Crippen LogP contribution in [0.15, 0.2) is 50.1 Å². The Balaban J connectivity index is 1.36. The molecule has 0 aromatic carbocycles. The SMILES string of the molecule is O=C(CCc1nc(-c2ccco2)no1)NCC(=O)NCc1ccco1. The van der Waals surface area contributed by atoms with Crippen molar-refractivity contribution in [3.63, 3.8) is 0 Å². The molecule has 0 fully saturated rings. The first kappa shape index (κ1) is 16.5. The lowest BCUT2D eigenvalue weighted by atomic mass is 10.3. The highest BCUT2D eigenvalue weighted by molar-refractivity contribution is 5.84. The van der Waals surface area contributed by atoms with Gasteiger partial charge in [-0.25, -0.2) is 0 Å². The van der Waals surface area contributed by atoms with Gasteiger partial charge in [0.2, 0.25) is 23.5 Å². The summed E-state index contributed by atoms with van der Waals surface area (Å²) in [5.41, 5.74) is 0. The molecule has 3 heterocycles. The van der Waals surface area contributed by atoms with Gasteiger partial charge in [-0.05, 0) is 24.3 Å². The zero-order chi connectivity index (χ0) is 17.5. The van der Waals surface area contributed by atoms with Gasteiger partial charge in [-0.1, -0.05) is 5.16 Å². The van der Waals surface area contributed by atoms with Crippen LogP contribution in [0.5, 0.6) is 0 Å². The van der Waals surface area contributed by atoms with Crippen LogP contribution in [-0.4, -0.2) is 28.5 Å². The van der Waals surface area contributed by atoms with Gasteiger partial charge in [0.25, 0.3) is 0 Å². The molecular weight excluding hydrogens is 328 g/mol. The molecular formula is C16H16N4O5. The first-order chi connectivity index (χ1) is 12.2. The molecule has 3 aromatic rings. The molecule has 25 heavy (non-hydrogen) atoms. The molecule has 3 rings (SSSR count). The maximum Gasteiger partial charge on any atom is 0.239 e. The smallest absolute Gasteiger partial charge is 0.239 e. The number of furan rings is 2. The summed E-state index contributed by atoms with van der Waals surface area (Å²) < 4.78 is 15.3. The van der Waals surface area contributed by atoms with Crippen molar-refractivity contribution in [1.29, 1.82) is 0 Å². The van der Waals surface area contributed by atoms with Gasteiger partial charge in [0.05, 0.1) is 25.6 Å². The lowest BCUT2D eigenvalue weighted by Gasteiger charge is -2.05. The predicted molar refractivity (Wildman–Crippen MR) is 83.9 cm³/mol. The molecule has 0 aliphatic carbocycles. The van der Waals surface area contributed by atoms with E-state index in [0.29, 0.717) is 23.2 Å². The van der Waals surface area contributed by atoms with Crippen LogP contribution in [0.3, 0.4) is 0 Å². The highest BCUT2D eigenvalue weighted by Crippen LogP contribution is 2.16. The molecule has 0 atom stereocenters. The standard InChI is InChI=1S/C16H16N4O5/c21-13(18-10-14(22)17-9-11-3-1-7-23-11)5-6-15-19-16(20-25-15)12-4-2-8-24-12/h1-4,7-8H,5-6,9-10H2,(H,17,22)(H,18,21). The Bertz CT molecular complexity index is 808. The van der Waals surface area contributed by atoms with E-state index in [0.717, 1.165) is 0 Å². The lowest BCUT2D eigenvalue weighted by Crippen LogP contribution is -2.36. The number of rotatable bonds is 8. The maximum atomic E-state index is 11.8. The molecule has 0 spiro atoms. The zero-order valence-electron chi connectivity index (χ0n) is 13.2. The van der Waals surface area contributed by atoms with Crippen molar-refractivity contribution in [1.82, 2.24) is 20.8 Å². The summed E-state index contributed by atoms with van der Waals surface area (Å²) >= 11 is 0. The van der Waals surface area contributed by atoms with Crippen LogP contribution in [0.1, 0.15) is 18.1 Å². The Hall–Kier alpha value is -3.36. The van der Waals surface area contributed by atoms with Gasteiger partial charge in [0.1, 0.15) is 5.76 Å². The van der Waals surface area contributed by atoms with Gasteiger partial charge in [-0.3, -0.25) is 9.59 Å². The maximum absolute atomic E-state index is 11.8. The van der Waals surface area contributed by atoms with E-state index in [9.17, 15) is 9.59 Å². The highest BCUT2D eigenvalue weighted by atomic mass is 16.5. The van der Waals surface area contributed by atoms with Crippen LogP contribution in [0, 0.1) is 0 Å². The van der Waals surface area contributed by atoms with Gasteiger partial charge < -0.3 is 24.0 Å². The third-order valence-corrected chi connectivity index (χ3v) is 3.26. The number of hydrogen-bond donors (Lipinski definition) is 2. The minimum Gasteiger partial charge on any atom is -0.467 e. The fraction of sp³-hybridized carbons (Fsp3) is 0.250. The van der Waals surface area contributed by atoms with Gasteiger partial charge in [0.15, 0.2) is 5.76 Å². The summed E-state index contributed by atoms with van der Waals surface area (Å²) in [6, 6.07) is 6.91. The Morgan fingerprint density at radius 2 is 1.88 bits per heavy atom. The van der Waals surface area contributed by atoms with Crippen LogP contribution in [0.2, 0.25) is 0 Å². The van der Waals surface area contributed by atoms with E-state index in [1.165, 1.54) is 12.5 Å². The largest absolute Gasteiger partial charge is 0.467 e. The summed E-state index contributed by atoms with van der Waals surface area (Å²) in [6.07, 6.45) is 3.44. The summed E-state index contributed by atoms with van der Waals surface area (Å²) in [7, 11) is 0. The molecule has 0 aliphatic rings. The van der Waals surface area contributed by atoms with Crippen molar-refractivity contribution < 1.29 is 22.9 Å². The van der Waals surface area contributed by atoms with Crippen molar-refractivity contribution in [2.75, 3.05) is 6.54 Å². The number of hydrogen-bond acceptors (Lipinski definition) is 7. The van der Waals surface area contributed by atoms with E-state index in [2.05, 4.69) is 20.8 Å². The van der Waals surface area contributed by atoms with Gasteiger partial charge in [-0.2, -0.15) is 4.98 Å². The van der Waals surface area contributed by atoms with Crippen LogP contribution in [0.25, 0.3) is 11.6 Å². The van der Waals surface area contributed by atoms with Crippen LogP contribution >= 0.6 is 0 Å². The Morgan fingerprint density at radius 1 is 1.04 bits per heavy atom. The number of nitrogens with zero attached hydrogens (tertiary/aromatic N) is 2. The van der Waals surface area contributed by atoms with Crippen molar-refractivity contribution in [2.24, 2.45) is 0 Å². The van der Waals surface area contributed by atoms with Crippen LogP contribution in [0.4, 0.5) is 0 Å². The Labute approximate surface area is 142 Å². The zero-order valence-corrected chi connectivity index (χ0v) is 13.2. The fourth-order valence-corrected chi connectivity index (χ4v) is 2.01. The second-order valence-corrected chi connectivity index (χ2v) is 5.12. The third-order valence-electron chi connectivity index (χ3n) is 3.26. The molecule has 0 saturated heterocycles. The number of aryl methyl sites for hydroxylation is 1. The summed E-state index contributed by atoms with van der Waals surface area (Å²) in [5.74, 6) is 1.20. The van der Waals surface area contributed by atoms with Gasteiger partial charge in [0, 0.05) is 12.8 Å². The Morgan fingerprint density at radius 3 is 2.64 bits per heavy atom. The number of aromatic nitrogens is 2. The molecule has 0 aliphatic heterocycles. The molecule has 0 saturated carbocycles. The molecule has 2 amide bonds. The summed E-state index contributed by atoms with van der Waals surface area (Å²) in [4.78, 5) is 27.5. The normalized spacial score (nSPS) is 10.6. The van der Waals surface area contributed by atoms with E-state index in [4.69, 9.17) is 13.4 Å². The number of carbonyl (C=O) groups excluding carboxylic acids is 2. The summed E-state index contributed by atoms with van der Waals surface area (Å²) in [5, 5.41) is 8.94. The van der Waals surface area contributed by atoms with E-state index in [-0.39, 0.29) is 37.7 Å². The highest BCUT2D eigenvalue weighted by Gasteiger charge is 2.12. The van der Waals surface area contributed by atoms with Crippen LogP contribution < -0.4 is 10.6 Å². The van der Waals surface area contributed by atoms with Crippen molar-refractivity contribution in [2.45, 2.75) is 19.4 Å². The van der Waals surface area contributed by atoms with Crippen molar-refractivity contribution in [3.8, 4) is 11.6 Å². The molecule has 0 bridgehead atoms. The predicted octanol–water partition coefficient (Wildman–Crippen LogP) is 1.29. The first-order valence-electron chi connectivity index (χ1n) is 7.63. The topological polar surface area (TPSA) is 123 Å². The minimum atomic E-state index is -0.303. The average molecular weight is 344 g/mol. The molecule has 9 nitrogen and oxygen atoms in total. The van der Waals surface area contributed by atoms with E-state index >= 15 is 0 Å². The molecule has 0 radical (unpaired) electrons. The van der Waals surface area contributed by atoms with Crippen LogP contribution in [-0.2, 0) is 22.6 Å².